The summed E-state index contributed by atoms with van der Waals surface area (Å²) in [6.07, 6.45) is 4.21. The van der Waals surface area contributed by atoms with Crippen LogP contribution in [0.25, 0.3) is 0 Å². The summed E-state index contributed by atoms with van der Waals surface area (Å²) in [7, 11) is 0. The molecule has 0 spiro atoms. The van der Waals surface area contributed by atoms with Gasteiger partial charge < -0.3 is 10.2 Å². The monoisotopic (exact) mass is 304 g/mol. The lowest BCUT2D eigenvalue weighted by atomic mass is 9.88. The van der Waals surface area contributed by atoms with Crippen molar-refractivity contribution in [1.82, 2.24) is 10.2 Å². The molecule has 3 aliphatic rings. The van der Waals surface area contributed by atoms with Crippen LogP contribution in [0.15, 0.2) is 16.8 Å². The minimum absolute atomic E-state index is 0.0572. The molecule has 0 radical (unpaired) electrons. The quantitative estimate of drug-likeness (QED) is 0.926. The van der Waals surface area contributed by atoms with Gasteiger partial charge in [0.1, 0.15) is 11.6 Å². The smallest absolute Gasteiger partial charge is 0.249 e. The van der Waals surface area contributed by atoms with Crippen molar-refractivity contribution in [3.63, 3.8) is 0 Å². The number of rotatable bonds is 4. The first-order valence-electron chi connectivity index (χ1n) is 7.74. The number of nitrogens with one attached hydrogen (secondary N) is 1. The molecule has 2 saturated carbocycles. The highest BCUT2D eigenvalue weighted by molar-refractivity contribution is 7.07. The molecule has 2 unspecified atom stereocenters. The van der Waals surface area contributed by atoms with Gasteiger partial charge in [0.2, 0.25) is 11.8 Å². The van der Waals surface area contributed by atoms with Gasteiger partial charge in [-0.1, -0.05) is 0 Å². The second-order valence-electron chi connectivity index (χ2n) is 6.81. The molecule has 4 rings (SSSR count). The van der Waals surface area contributed by atoms with E-state index in [1.807, 2.05) is 23.3 Å². The number of nitrogens with zero attached hydrogens (tertiary/aromatic N) is 1. The van der Waals surface area contributed by atoms with E-state index in [-0.39, 0.29) is 17.9 Å². The van der Waals surface area contributed by atoms with Crippen LogP contribution in [-0.2, 0) is 16.1 Å². The van der Waals surface area contributed by atoms with E-state index in [0.29, 0.717) is 18.4 Å². The van der Waals surface area contributed by atoms with E-state index in [0.717, 1.165) is 31.2 Å². The Morgan fingerprint density at radius 3 is 2.67 bits per heavy atom. The van der Waals surface area contributed by atoms with Crippen LogP contribution in [-0.4, -0.2) is 28.3 Å². The molecule has 21 heavy (non-hydrogen) atoms. The van der Waals surface area contributed by atoms with Crippen LogP contribution < -0.4 is 5.32 Å². The van der Waals surface area contributed by atoms with Gasteiger partial charge in [0, 0.05) is 6.54 Å². The van der Waals surface area contributed by atoms with Gasteiger partial charge in [0.05, 0.1) is 0 Å². The van der Waals surface area contributed by atoms with Crippen molar-refractivity contribution < 1.29 is 9.59 Å². The predicted octanol–water partition coefficient (Wildman–Crippen LogP) is 2.15. The molecule has 0 bridgehead atoms. The summed E-state index contributed by atoms with van der Waals surface area (Å²) in [5.74, 6) is 0.852. The van der Waals surface area contributed by atoms with E-state index in [9.17, 15) is 9.59 Å². The van der Waals surface area contributed by atoms with Gasteiger partial charge in [-0.15, -0.1) is 0 Å². The number of carbonyl (C=O) groups excluding carboxylic acids is 2. The molecule has 2 amide bonds. The Morgan fingerprint density at radius 1 is 1.33 bits per heavy atom. The highest BCUT2D eigenvalue weighted by Crippen LogP contribution is 2.45. The van der Waals surface area contributed by atoms with Gasteiger partial charge in [-0.05, 0) is 66.8 Å². The fourth-order valence-corrected chi connectivity index (χ4v) is 4.18. The van der Waals surface area contributed by atoms with Crippen molar-refractivity contribution in [2.75, 3.05) is 0 Å². The van der Waals surface area contributed by atoms with Gasteiger partial charge >= 0.3 is 0 Å². The maximum absolute atomic E-state index is 13.1. The summed E-state index contributed by atoms with van der Waals surface area (Å²) in [5.41, 5.74) is 0.449. The molecule has 1 saturated heterocycles. The predicted molar refractivity (Wildman–Crippen MR) is 80.7 cm³/mol. The van der Waals surface area contributed by atoms with Crippen molar-refractivity contribution in [3.8, 4) is 0 Å². The SMILES string of the molecule is CC1(C2CC2)NC(=O)C(C2CC2)N(Cc2ccsc2)C1=O. The topological polar surface area (TPSA) is 49.4 Å². The number of carbonyl (C=O) groups is 2. The molecule has 112 valence electrons. The van der Waals surface area contributed by atoms with Crippen LogP contribution in [0.4, 0.5) is 0 Å². The van der Waals surface area contributed by atoms with E-state index in [2.05, 4.69) is 10.7 Å². The average Bonchev–Trinajstić information content (AvgIpc) is 3.35. The molecule has 2 aliphatic carbocycles. The zero-order valence-electron chi connectivity index (χ0n) is 12.2. The summed E-state index contributed by atoms with van der Waals surface area (Å²) < 4.78 is 0. The molecule has 3 fully saturated rings. The molecular weight excluding hydrogens is 284 g/mol. The Morgan fingerprint density at radius 2 is 2.10 bits per heavy atom. The number of hydrogen-bond acceptors (Lipinski definition) is 3. The largest absolute Gasteiger partial charge is 0.340 e. The van der Waals surface area contributed by atoms with Gasteiger partial charge in [-0.25, -0.2) is 0 Å². The fourth-order valence-electron chi connectivity index (χ4n) is 3.52. The van der Waals surface area contributed by atoms with Crippen molar-refractivity contribution >= 4 is 23.2 Å². The number of hydrogen-bond donors (Lipinski definition) is 1. The van der Waals surface area contributed by atoms with Crippen LogP contribution in [0, 0.1) is 11.8 Å². The van der Waals surface area contributed by atoms with Crippen LogP contribution in [0.5, 0.6) is 0 Å². The standard InChI is InChI=1S/C16H20N2O2S/c1-16(12-4-5-12)15(20)18(8-10-6-7-21-9-10)13(11-2-3-11)14(19)17-16/h6-7,9,11-13H,2-5,8H2,1H3,(H,17,19). The molecule has 1 aromatic heterocycles. The number of piperazine rings is 1. The summed E-state index contributed by atoms with van der Waals surface area (Å²) >= 11 is 1.64. The van der Waals surface area contributed by atoms with Crippen LogP contribution in [0.3, 0.4) is 0 Å². The zero-order valence-corrected chi connectivity index (χ0v) is 13.0. The second kappa shape index (κ2) is 4.57. The first-order valence-corrected chi connectivity index (χ1v) is 8.68. The van der Waals surface area contributed by atoms with E-state index < -0.39 is 5.54 Å². The van der Waals surface area contributed by atoms with Crippen molar-refractivity contribution in [2.45, 2.75) is 50.7 Å². The van der Waals surface area contributed by atoms with Gasteiger partial charge in [0.25, 0.3) is 0 Å². The molecule has 1 aromatic rings. The van der Waals surface area contributed by atoms with Crippen LogP contribution >= 0.6 is 11.3 Å². The maximum atomic E-state index is 13.1. The lowest BCUT2D eigenvalue weighted by Crippen LogP contribution is -2.70. The normalized spacial score (nSPS) is 33.2. The summed E-state index contributed by atoms with van der Waals surface area (Å²) in [4.78, 5) is 27.5. The van der Waals surface area contributed by atoms with E-state index in [1.165, 1.54) is 0 Å². The van der Waals surface area contributed by atoms with E-state index >= 15 is 0 Å². The molecule has 4 nitrogen and oxygen atoms in total. The number of thiophene rings is 1. The summed E-state index contributed by atoms with van der Waals surface area (Å²) in [5, 5.41) is 7.15. The molecule has 2 heterocycles. The van der Waals surface area contributed by atoms with Gasteiger partial charge in [-0.3, -0.25) is 9.59 Å². The first kappa shape index (κ1) is 13.3. The number of amides is 2. The summed E-state index contributed by atoms with van der Waals surface area (Å²) in [6.45, 7) is 2.48. The fraction of sp³-hybridized carbons (Fsp3) is 0.625. The highest BCUT2D eigenvalue weighted by Gasteiger charge is 2.57. The zero-order chi connectivity index (χ0) is 14.6. The van der Waals surface area contributed by atoms with Crippen molar-refractivity contribution in [3.05, 3.63) is 22.4 Å². The van der Waals surface area contributed by atoms with Crippen molar-refractivity contribution in [1.29, 1.82) is 0 Å². The minimum Gasteiger partial charge on any atom is -0.340 e. The lowest BCUT2D eigenvalue weighted by molar-refractivity contribution is -0.157. The Balaban J connectivity index is 1.66. The third kappa shape index (κ3) is 2.18. The Kier molecular flexibility index (Phi) is 2.89. The molecule has 5 heteroatoms. The molecule has 0 aromatic carbocycles. The Bertz CT molecular complexity index is 577. The van der Waals surface area contributed by atoms with Gasteiger partial charge in [0.15, 0.2) is 0 Å². The van der Waals surface area contributed by atoms with E-state index in [1.54, 1.807) is 11.3 Å². The van der Waals surface area contributed by atoms with Crippen LogP contribution in [0.2, 0.25) is 0 Å². The average molecular weight is 304 g/mol. The summed E-state index contributed by atoms with van der Waals surface area (Å²) in [6, 6.07) is 1.78. The molecule has 2 atom stereocenters. The minimum atomic E-state index is -0.682. The third-order valence-electron chi connectivity index (χ3n) is 5.09. The third-order valence-corrected chi connectivity index (χ3v) is 5.82. The van der Waals surface area contributed by atoms with E-state index in [4.69, 9.17) is 0 Å². The molecule has 1 N–H and O–H groups in total. The lowest BCUT2D eigenvalue weighted by Gasteiger charge is -2.45. The maximum Gasteiger partial charge on any atom is 0.249 e. The first-order chi connectivity index (χ1) is 10.1. The van der Waals surface area contributed by atoms with Gasteiger partial charge in [-0.2, -0.15) is 11.3 Å². The Labute approximate surface area is 128 Å². The van der Waals surface area contributed by atoms with Crippen LogP contribution in [0.1, 0.15) is 38.2 Å². The molecular formula is C16H20N2O2S. The Hall–Kier alpha value is -1.36. The molecule has 1 aliphatic heterocycles. The van der Waals surface area contributed by atoms with Crippen molar-refractivity contribution in [2.24, 2.45) is 11.8 Å². The second-order valence-corrected chi connectivity index (χ2v) is 7.59. The highest BCUT2D eigenvalue weighted by atomic mass is 32.1.